The SMILES string of the molecule is Cc1cc(Cl)ccc1C(=O)NC(C)c1nn[nH]n1. The standard InChI is InChI=1S/C11H12ClN5O/c1-6-5-8(12)3-4-9(6)11(18)13-7(2)10-14-16-17-15-10/h3-5,7H,1-2H3,(H,13,18)(H,14,15,16,17). The fraction of sp³-hybridized carbons (Fsp3) is 0.273. The molecule has 1 aromatic heterocycles. The van der Waals surface area contributed by atoms with Gasteiger partial charge in [-0.05, 0) is 37.6 Å². The van der Waals surface area contributed by atoms with Crippen LogP contribution in [0.25, 0.3) is 0 Å². The van der Waals surface area contributed by atoms with E-state index in [-0.39, 0.29) is 11.9 Å². The highest BCUT2D eigenvalue weighted by Crippen LogP contribution is 2.16. The van der Waals surface area contributed by atoms with Gasteiger partial charge in [0.05, 0.1) is 6.04 Å². The lowest BCUT2D eigenvalue weighted by Gasteiger charge is -2.11. The number of rotatable bonds is 3. The van der Waals surface area contributed by atoms with Crippen molar-refractivity contribution in [3.05, 3.63) is 40.2 Å². The van der Waals surface area contributed by atoms with Crippen molar-refractivity contribution < 1.29 is 4.79 Å². The second kappa shape index (κ2) is 5.14. The molecule has 1 atom stereocenters. The monoisotopic (exact) mass is 265 g/mol. The van der Waals surface area contributed by atoms with E-state index in [4.69, 9.17) is 11.6 Å². The highest BCUT2D eigenvalue weighted by Gasteiger charge is 2.16. The highest BCUT2D eigenvalue weighted by atomic mass is 35.5. The minimum absolute atomic E-state index is 0.193. The Labute approximate surface area is 109 Å². The Morgan fingerprint density at radius 1 is 1.50 bits per heavy atom. The van der Waals surface area contributed by atoms with Gasteiger partial charge in [-0.1, -0.05) is 16.8 Å². The van der Waals surface area contributed by atoms with Crippen LogP contribution in [0.3, 0.4) is 0 Å². The maximum Gasteiger partial charge on any atom is 0.252 e. The van der Waals surface area contributed by atoms with Crippen LogP contribution >= 0.6 is 11.6 Å². The lowest BCUT2D eigenvalue weighted by Crippen LogP contribution is -2.28. The summed E-state index contributed by atoms with van der Waals surface area (Å²) in [5.41, 5.74) is 1.40. The molecule has 0 fully saturated rings. The maximum absolute atomic E-state index is 12.0. The van der Waals surface area contributed by atoms with Crippen LogP contribution in [0.4, 0.5) is 0 Å². The van der Waals surface area contributed by atoms with E-state index in [1.165, 1.54) is 0 Å². The molecule has 1 unspecified atom stereocenters. The predicted molar refractivity (Wildman–Crippen MR) is 66.2 cm³/mol. The first-order chi connectivity index (χ1) is 8.58. The van der Waals surface area contributed by atoms with Crippen LogP contribution in [-0.4, -0.2) is 26.5 Å². The molecule has 0 aliphatic rings. The van der Waals surface area contributed by atoms with E-state index in [0.29, 0.717) is 16.4 Å². The molecule has 0 saturated carbocycles. The molecule has 0 aliphatic heterocycles. The summed E-state index contributed by atoms with van der Waals surface area (Å²) in [6, 6.07) is 4.81. The van der Waals surface area contributed by atoms with Crippen LogP contribution in [0, 0.1) is 6.92 Å². The molecule has 2 N–H and O–H groups in total. The van der Waals surface area contributed by atoms with Crippen molar-refractivity contribution in [2.45, 2.75) is 19.9 Å². The van der Waals surface area contributed by atoms with Crippen molar-refractivity contribution in [2.24, 2.45) is 0 Å². The third kappa shape index (κ3) is 2.65. The van der Waals surface area contributed by atoms with Crippen molar-refractivity contribution in [1.82, 2.24) is 25.9 Å². The molecule has 1 aromatic carbocycles. The molecule has 0 radical (unpaired) electrons. The number of amides is 1. The Morgan fingerprint density at radius 2 is 2.28 bits per heavy atom. The molecule has 2 aromatic rings. The Bertz CT molecular complexity index is 555. The maximum atomic E-state index is 12.0. The van der Waals surface area contributed by atoms with E-state index in [1.54, 1.807) is 25.1 Å². The molecule has 0 bridgehead atoms. The summed E-state index contributed by atoms with van der Waals surface area (Å²) in [6.07, 6.45) is 0. The minimum Gasteiger partial charge on any atom is -0.342 e. The number of carbonyl (C=O) groups is 1. The van der Waals surface area contributed by atoms with Gasteiger partial charge in [0.15, 0.2) is 5.82 Å². The summed E-state index contributed by atoms with van der Waals surface area (Å²) in [4.78, 5) is 12.0. The van der Waals surface area contributed by atoms with Gasteiger partial charge >= 0.3 is 0 Å². The zero-order valence-electron chi connectivity index (χ0n) is 9.94. The number of aromatic amines is 1. The van der Waals surface area contributed by atoms with Crippen molar-refractivity contribution >= 4 is 17.5 Å². The molecule has 0 saturated heterocycles. The van der Waals surface area contributed by atoms with Crippen LogP contribution in [0.15, 0.2) is 18.2 Å². The Balaban J connectivity index is 2.12. The molecule has 18 heavy (non-hydrogen) atoms. The number of hydrogen-bond donors (Lipinski definition) is 2. The Morgan fingerprint density at radius 3 is 2.89 bits per heavy atom. The van der Waals surface area contributed by atoms with E-state index < -0.39 is 0 Å². The molecule has 0 aliphatic carbocycles. The van der Waals surface area contributed by atoms with Gasteiger partial charge in [-0.3, -0.25) is 4.79 Å². The number of aromatic nitrogens is 4. The average Bonchev–Trinajstić information content (AvgIpc) is 2.81. The van der Waals surface area contributed by atoms with E-state index in [2.05, 4.69) is 25.9 Å². The number of benzene rings is 1. The zero-order valence-corrected chi connectivity index (χ0v) is 10.7. The van der Waals surface area contributed by atoms with E-state index >= 15 is 0 Å². The number of nitrogens with one attached hydrogen (secondary N) is 2. The summed E-state index contributed by atoms with van der Waals surface area (Å²) in [5, 5.41) is 16.8. The third-order valence-corrected chi connectivity index (χ3v) is 2.76. The fourth-order valence-electron chi connectivity index (χ4n) is 1.57. The van der Waals surface area contributed by atoms with Gasteiger partial charge in [0.25, 0.3) is 5.91 Å². The Hall–Kier alpha value is -1.95. The normalized spacial score (nSPS) is 12.2. The fourth-order valence-corrected chi connectivity index (χ4v) is 1.80. The predicted octanol–water partition coefficient (Wildman–Crippen LogP) is 1.65. The number of carbonyl (C=O) groups excluding carboxylic acids is 1. The van der Waals surface area contributed by atoms with Gasteiger partial charge in [0, 0.05) is 10.6 Å². The quantitative estimate of drug-likeness (QED) is 0.884. The summed E-state index contributed by atoms with van der Waals surface area (Å²) >= 11 is 5.84. The van der Waals surface area contributed by atoms with Gasteiger partial charge < -0.3 is 5.32 Å². The first-order valence-electron chi connectivity index (χ1n) is 5.38. The number of H-pyrrole nitrogens is 1. The van der Waals surface area contributed by atoms with Crippen molar-refractivity contribution in [3.8, 4) is 0 Å². The van der Waals surface area contributed by atoms with Gasteiger partial charge in [-0.2, -0.15) is 5.21 Å². The largest absolute Gasteiger partial charge is 0.342 e. The minimum atomic E-state index is -0.314. The lowest BCUT2D eigenvalue weighted by molar-refractivity contribution is 0.0937. The van der Waals surface area contributed by atoms with Crippen LogP contribution in [0.5, 0.6) is 0 Å². The summed E-state index contributed by atoms with van der Waals surface area (Å²) in [5.74, 6) is 0.247. The molecule has 7 heteroatoms. The van der Waals surface area contributed by atoms with Gasteiger partial charge in [0.1, 0.15) is 0 Å². The van der Waals surface area contributed by atoms with Gasteiger partial charge in [-0.25, -0.2) is 0 Å². The van der Waals surface area contributed by atoms with Crippen molar-refractivity contribution in [1.29, 1.82) is 0 Å². The number of nitrogens with zero attached hydrogens (tertiary/aromatic N) is 3. The van der Waals surface area contributed by atoms with Crippen LogP contribution < -0.4 is 5.32 Å². The molecule has 1 heterocycles. The van der Waals surface area contributed by atoms with Gasteiger partial charge in [0.2, 0.25) is 0 Å². The molecule has 6 nitrogen and oxygen atoms in total. The molecule has 0 spiro atoms. The van der Waals surface area contributed by atoms with Crippen molar-refractivity contribution in [2.75, 3.05) is 0 Å². The summed E-state index contributed by atoms with van der Waals surface area (Å²) in [7, 11) is 0. The second-order valence-electron chi connectivity index (χ2n) is 3.92. The van der Waals surface area contributed by atoms with Crippen LogP contribution in [0.1, 0.15) is 34.7 Å². The number of hydrogen-bond acceptors (Lipinski definition) is 4. The molecule has 94 valence electrons. The molecular weight excluding hydrogens is 254 g/mol. The lowest BCUT2D eigenvalue weighted by atomic mass is 10.1. The van der Waals surface area contributed by atoms with Gasteiger partial charge in [-0.15, -0.1) is 10.2 Å². The summed E-state index contributed by atoms with van der Waals surface area (Å²) in [6.45, 7) is 3.62. The molecular formula is C11H12ClN5O. The first kappa shape index (κ1) is 12.5. The Kier molecular flexibility index (Phi) is 3.57. The topological polar surface area (TPSA) is 83.6 Å². The number of tetrazole rings is 1. The summed E-state index contributed by atoms with van der Waals surface area (Å²) < 4.78 is 0. The van der Waals surface area contributed by atoms with Crippen LogP contribution in [0.2, 0.25) is 5.02 Å². The average molecular weight is 266 g/mol. The van der Waals surface area contributed by atoms with E-state index in [1.807, 2.05) is 6.92 Å². The molecule has 1 amide bonds. The van der Waals surface area contributed by atoms with E-state index in [0.717, 1.165) is 5.56 Å². The second-order valence-corrected chi connectivity index (χ2v) is 4.36. The number of halogens is 1. The number of aryl methyl sites for hydroxylation is 1. The third-order valence-electron chi connectivity index (χ3n) is 2.53. The highest BCUT2D eigenvalue weighted by molar-refractivity contribution is 6.30. The first-order valence-corrected chi connectivity index (χ1v) is 5.76. The zero-order chi connectivity index (χ0) is 13.1. The van der Waals surface area contributed by atoms with Crippen molar-refractivity contribution in [3.63, 3.8) is 0 Å². The van der Waals surface area contributed by atoms with Crippen LogP contribution in [-0.2, 0) is 0 Å². The molecule has 2 rings (SSSR count). The van der Waals surface area contributed by atoms with E-state index in [9.17, 15) is 4.79 Å². The smallest absolute Gasteiger partial charge is 0.252 e.